The number of rotatable bonds is 4. The van der Waals surface area contributed by atoms with Crippen LogP contribution in [0.5, 0.6) is 0 Å². The molecule has 0 saturated carbocycles. The van der Waals surface area contributed by atoms with E-state index in [9.17, 15) is 4.79 Å². The summed E-state index contributed by atoms with van der Waals surface area (Å²) in [7, 11) is 0. The van der Waals surface area contributed by atoms with Crippen molar-refractivity contribution < 1.29 is 13.9 Å². The van der Waals surface area contributed by atoms with Gasteiger partial charge in [-0.25, -0.2) is 0 Å². The van der Waals surface area contributed by atoms with Crippen LogP contribution in [0.1, 0.15) is 37.9 Å². The van der Waals surface area contributed by atoms with Crippen LogP contribution in [0.4, 0.5) is 0 Å². The minimum absolute atomic E-state index is 0.359. The van der Waals surface area contributed by atoms with Crippen LogP contribution in [0.3, 0.4) is 0 Å². The Balaban J connectivity index is 1.42. The summed E-state index contributed by atoms with van der Waals surface area (Å²) in [6.45, 7) is 4.57. The molecule has 5 heteroatoms. The lowest BCUT2D eigenvalue weighted by Crippen LogP contribution is -2.53. The predicted octanol–water partition coefficient (Wildman–Crippen LogP) is 2.27. The zero-order valence-corrected chi connectivity index (χ0v) is 13.7. The van der Waals surface area contributed by atoms with E-state index in [1.54, 1.807) is 6.26 Å². The van der Waals surface area contributed by atoms with Gasteiger partial charge in [0.1, 0.15) is 5.76 Å². The van der Waals surface area contributed by atoms with E-state index in [0.29, 0.717) is 30.3 Å². The molecule has 3 fully saturated rings. The molecule has 1 amide bonds. The van der Waals surface area contributed by atoms with Gasteiger partial charge in [-0.2, -0.15) is 0 Å². The molecule has 0 spiro atoms. The van der Waals surface area contributed by atoms with Gasteiger partial charge in [0.15, 0.2) is 0 Å². The Kier molecular flexibility index (Phi) is 4.40. The first kappa shape index (κ1) is 15.2. The summed E-state index contributed by atoms with van der Waals surface area (Å²) in [6.07, 6.45) is 6.72. The lowest BCUT2D eigenvalue weighted by atomic mass is 9.92. The molecule has 3 saturated heterocycles. The van der Waals surface area contributed by atoms with Gasteiger partial charge >= 0.3 is 0 Å². The highest BCUT2D eigenvalue weighted by Gasteiger charge is 2.43. The Morgan fingerprint density at radius 1 is 1.13 bits per heavy atom. The molecule has 3 aliphatic rings. The van der Waals surface area contributed by atoms with E-state index in [2.05, 4.69) is 9.80 Å². The highest BCUT2D eigenvalue weighted by Crippen LogP contribution is 2.33. The molecule has 5 nitrogen and oxygen atoms in total. The van der Waals surface area contributed by atoms with E-state index < -0.39 is 0 Å². The number of fused-ring (bicyclic) bond motifs is 1. The second kappa shape index (κ2) is 6.65. The summed E-state index contributed by atoms with van der Waals surface area (Å²) >= 11 is 0. The number of nitrogens with zero attached hydrogens (tertiary/aromatic N) is 2. The van der Waals surface area contributed by atoms with Gasteiger partial charge in [-0.1, -0.05) is 0 Å². The zero-order chi connectivity index (χ0) is 15.6. The molecule has 0 unspecified atom stereocenters. The van der Waals surface area contributed by atoms with Crippen molar-refractivity contribution in [2.24, 2.45) is 5.92 Å². The molecular formula is C18H26N2O3. The molecular weight excluding hydrogens is 292 g/mol. The minimum Gasteiger partial charge on any atom is -0.468 e. The predicted molar refractivity (Wildman–Crippen MR) is 85.8 cm³/mol. The molecule has 2 atom stereocenters. The number of likely N-dealkylation sites (tertiary alicyclic amines) is 2. The second-order valence-corrected chi connectivity index (χ2v) is 7.11. The Bertz CT molecular complexity index is 524. The van der Waals surface area contributed by atoms with E-state index in [-0.39, 0.29) is 0 Å². The number of hydrogen-bond donors (Lipinski definition) is 0. The molecule has 0 radical (unpaired) electrons. The number of carbonyl (C=O) groups is 1. The van der Waals surface area contributed by atoms with Crippen molar-refractivity contribution in [2.45, 2.75) is 50.7 Å². The third-order valence-corrected chi connectivity index (χ3v) is 5.73. The maximum atomic E-state index is 12.5. The number of furan rings is 1. The Morgan fingerprint density at radius 2 is 2.00 bits per heavy atom. The van der Waals surface area contributed by atoms with E-state index in [0.717, 1.165) is 64.3 Å². The number of piperidine rings is 1. The molecule has 4 heterocycles. The van der Waals surface area contributed by atoms with Crippen molar-refractivity contribution >= 4 is 5.91 Å². The van der Waals surface area contributed by atoms with Gasteiger partial charge in [-0.05, 0) is 43.7 Å². The van der Waals surface area contributed by atoms with Crippen molar-refractivity contribution in [1.82, 2.24) is 9.80 Å². The van der Waals surface area contributed by atoms with Crippen molar-refractivity contribution in [3.05, 3.63) is 24.2 Å². The third-order valence-electron chi connectivity index (χ3n) is 5.73. The quantitative estimate of drug-likeness (QED) is 0.854. The largest absolute Gasteiger partial charge is 0.468 e. The van der Waals surface area contributed by atoms with Crippen LogP contribution in [-0.2, 0) is 16.1 Å². The summed E-state index contributed by atoms with van der Waals surface area (Å²) in [5.74, 6) is 2.00. The summed E-state index contributed by atoms with van der Waals surface area (Å²) in [5, 5.41) is 0. The van der Waals surface area contributed by atoms with E-state index >= 15 is 0 Å². The molecule has 1 aromatic heterocycles. The highest BCUT2D eigenvalue weighted by molar-refractivity contribution is 5.77. The molecule has 4 rings (SSSR count). The smallest absolute Gasteiger partial charge is 0.222 e. The van der Waals surface area contributed by atoms with Gasteiger partial charge in [-0.15, -0.1) is 0 Å². The van der Waals surface area contributed by atoms with Crippen LogP contribution < -0.4 is 0 Å². The lowest BCUT2D eigenvalue weighted by molar-refractivity contribution is -0.139. The van der Waals surface area contributed by atoms with Crippen molar-refractivity contribution in [3.8, 4) is 0 Å². The zero-order valence-electron chi connectivity index (χ0n) is 13.7. The van der Waals surface area contributed by atoms with Gasteiger partial charge in [0.05, 0.1) is 12.8 Å². The molecule has 0 bridgehead atoms. The van der Waals surface area contributed by atoms with Crippen molar-refractivity contribution in [1.29, 1.82) is 0 Å². The standard InChI is InChI=1S/C18H26N2O3/c21-18-4-3-16-17(20(18)12-14-6-10-22-11-7-14)5-8-19(16)13-15-2-1-9-23-15/h1-2,9,14,16-17H,3-8,10-13H2/t16-,17-/m0/s1. The highest BCUT2D eigenvalue weighted by atomic mass is 16.5. The van der Waals surface area contributed by atoms with Crippen molar-refractivity contribution in [2.75, 3.05) is 26.3 Å². The van der Waals surface area contributed by atoms with Crippen LogP contribution in [0.25, 0.3) is 0 Å². The van der Waals surface area contributed by atoms with Gasteiger partial charge in [-0.3, -0.25) is 9.69 Å². The second-order valence-electron chi connectivity index (χ2n) is 7.11. The fourth-order valence-electron chi connectivity index (χ4n) is 4.48. The maximum absolute atomic E-state index is 12.5. The fourth-order valence-corrected chi connectivity index (χ4v) is 4.48. The molecule has 0 N–H and O–H groups in total. The molecule has 1 aromatic rings. The molecule has 0 aromatic carbocycles. The van der Waals surface area contributed by atoms with Gasteiger partial charge < -0.3 is 14.1 Å². The van der Waals surface area contributed by atoms with Gasteiger partial charge in [0.25, 0.3) is 0 Å². The van der Waals surface area contributed by atoms with Crippen LogP contribution >= 0.6 is 0 Å². The average Bonchev–Trinajstić information content (AvgIpc) is 3.22. The van der Waals surface area contributed by atoms with Crippen LogP contribution in [0, 0.1) is 5.92 Å². The summed E-state index contributed by atoms with van der Waals surface area (Å²) in [6, 6.07) is 4.89. The molecule has 3 aliphatic heterocycles. The average molecular weight is 318 g/mol. The third kappa shape index (κ3) is 3.17. The first-order valence-electron chi connectivity index (χ1n) is 8.95. The molecule has 23 heavy (non-hydrogen) atoms. The minimum atomic E-state index is 0.359. The number of ether oxygens (including phenoxy) is 1. The fraction of sp³-hybridized carbons (Fsp3) is 0.722. The van der Waals surface area contributed by atoms with E-state index in [4.69, 9.17) is 9.15 Å². The lowest BCUT2D eigenvalue weighted by Gasteiger charge is -2.41. The Labute approximate surface area is 137 Å². The van der Waals surface area contributed by atoms with Crippen molar-refractivity contribution in [3.63, 3.8) is 0 Å². The normalized spacial score (nSPS) is 29.9. The van der Waals surface area contributed by atoms with E-state index in [1.165, 1.54) is 0 Å². The maximum Gasteiger partial charge on any atom is 0.222 e. The molecule has 0 aliphatic carbocycles. The SMILES string of the molecule is O=C1CC[C@H]2[C@H](CCN2Cc2ccco2)N1CC1CCOCC1. The van der Waals surface area contributed by atoms with Gasteiger partial charge in [0.2, 0.25) is 5.91 Å². The van der Waals surface area contributed by atoms with E-state index in [1.807, 2.05) is 12.1 Å². The number of amides is 1. The Morgan fingerprint density at radius 3 is 2.78 bits per heavy atom. The van der Waals surface area contributed by atoms with Gasteiger partial charge in [0, 0.05) is 44.8 Å². The topological polar surface area (TPSA) is 45.9 Å². The summed E-state index contributed by atoms with van der Waals surface area (Å²) < 4.78 is 11.0. The summed E-state index contributed by atoms with van der Waals surface area (Å²) in [5.41, 5.74) is 0. The first-order chi connectivity index (χ1) is 11.3. The van der Waals surface area contributed by atoms with Crippen LogP contribution in [-0.4, -0.2) is 54.1 Å². The summed E-state index contributed by atoms with van der Waals surface area (Å²) in [4.78, 5) is 17.2. The van der Waals surface area contributed by atoms with Crippen LogP contribution in [0.2, 0.25) is 0 Å². The molecule has 126 valence electrons. The Hall–Kier alpha value is -1.33. The number of carbonyl (C=O) groups excluding carboxylic acids is 1. The van der Waals surface area contributed by atoms with Crippen LogP contribution in [0.15, 0.2) is 22.8 Å². The first-order valence-corrected chi connectivity index (χ1v) is 8.95. The number of hydrogen-bond acceptors (Lipinski definition) is 4. The monoisotopic (exact) mass is 318 g/mol.